The van der Waals surface area contributed by atoms with Gasteiger partial charge in [0.15, 0.2) is 0 Å². The van der Waals surface area contributed by atoms with Gasteiger partial charge >= 0.3 is 18.0 Å². The Morgan fingerprint density at radius 2 is 1.88 bits per heavy atom. The molecule has 168 valence electrons. The van der Waals surface area contributed by atoms with Crippen LogP contribution in [0.2, 0.25) is 0 Å². The number of nitrogens with one attached hydrogen (secondary N) is 2. The van der Waals surface area contributed by atoms with E-state index in [9.17, 15) is 27.6 Å². The molecule has 32 heavy (non-hydrogen) atoms. The van der Waals surface area contributed by atoms with Gasteiger partial charge in [0, 0.05) is 30.9 Å². The third-order valence-electron chi connectivity index (χ3n) is 5.63. The summed E-state index contributed by atoms with van der Waals surface area (Å²) in [5, 5.41) is 5.20. The Morgan fingerprint density at radius 1 is 1.12 bits per heavy atom. The molecule has 0 unspecified atom stereocenters. The number of amides is 3. The smallest absolute Gasteiger partial charge is 0.352 e. The highest BCUT2D eigenvalue weighted by molar-refractivity contribution is 6.39. The minimum Gasteiger partial charge on any atom is -0.352 e. The largest absolute Gasteiger partial charge is 0.416 e. The number of carbonyl (C=O) groups is 3. The van der Waals surface area contributed by atoms with E-state index >= 15 is 0 Å². The minimum atomic E-state index is -4.56. The van der Waals surface area contributed by atoms with Gasteiger partial charge in [-0.3, -0.25) is 14.4 Å². The molecule has 1 aliphatic heterocycles. The lowest BCUT2D eigenvalue weighted by Gasteiger charge is -2.24. The molecule has 2 aromatic rings. The maximum Gasteiger partial charge on any atom is 0.416 e. The third-order valence-corrected chi connectivity index (χ3v) is 5.63. The Hall–Kier alpha value is -3.36. The summed E-state index contributed by atoms with van der Waals surface area (Å²) in [5.74, 6) is -1.94. The topological polar surface area (TPSA) is 78.5 Å². The summed E-state index contributed by atoms with van der Waals surface area (Å²) in [5.41, 5.74) is 0.663. The Morgan fingerprint density at radius 3 is 2.59 bits per heavy atom. The number of carbonyl (C=O) groups excluding carboxylic acids is 3. The van der Waals surface area contributed by atoms with Crippen molar-refractivity contribution in [3.05, 3.63) is 64.7 Å². The number of halogens is 3. The molecule has 0 atom stereocenters. The molecule has 0 saturated heterocycles. The van der Waals surface area contributed by atoms with Crippen LogP contribution in [0.4, 0.5) is 18.9 Å². The Bertz CT molecular complexity index is 1060. The van der Waals surface area contributed by atoms with Gasteiger partial charge in [-0.2, -0.15) is 13.2 Å². The highest BCUT2D eigenvalue weighted by Crippen LogP contribution is 2.34. The van der Waals surface area contributed by atoms with Gasteiger partial charge in [0.25, 0.3) is 5.91 Å². The van der Waals surface area contributed by atoms with Gasteiger partial charge in [-0.25, -0.2) is 0 Å². The van der Waals surface area contributed by atoms with E-state index in [-0.39, 0.29) is 36.2 Å². The number of alkyl halides is 3. The molecule has 3 amide bonds. The third kappa shape index (κ3) is 4.92. The van der Waals surface area contributed by atoms with Gasteiger partial charge in [0.05, 0.1) is 5.56 Å². The summed E-state index contributed by atoms with van der Waals surface area (Å²) < 4.78 is 40.1. The van der Waals surface area contributed by atoms with Crippen molar-refractivity contribution >= 4 is 23.4 Å². The Labute approximate surface area is 182 Å². The van der Waals surface area contributed by atoms with E-state index in [2.05, 4.69) is 10.6 Å². The predicted molar refractivity (Wildman–Crippen MR) is 111 cm³/mol. The minimum absolute atomic E-state index is 0.0627. The van der Waals surface area contributed by atoms with E-state index in [0.717, 1.165) is 24.5 Å². The van der Waals surface area contributed by atoms with E-state index in [0.29, 0.717) is 18.5 Å². The fraction of sp³-hybridized carbons (Fsp3) is 0.348. The molecule has 1 fully saturated rings. The van der Waals surface area contributed by atoms with Crippen LogP contribution in [0.1, 0.15) is 39.9 Å². The second-order valence-electron chi connectivity index (χ2n) is 8.12. The number of anilines is 1. The lowest BCUT2D eigenvalue weighted by Crippen LogP contribution is -2.41. The zero-order valence-corrected chi connectivity index (χ0v) is 17.2. The van der Waals surface area contributed by atoms with Gasteiger partial charge in [-0.1, -0.05) is 24.3 Å². The van der Waals surface area contributed by atoms with E-state index in [1.54, 1.807) is 12.1 Å². The highest BCUT2D eigenvalue weighted by atomic mass is 19.4. The van der Waals surface area contributed by atoms with E-state index < -0.39 is 23.6 Å². The lowest BCUT2D eigenvalue weighted by atomic mass is 10.00. The van der Waals surface area contributed by atoms with Crippen LogP contribution in [-0.2, 0) is 28.7 Å². The van der Waals surface area contributed by atoms with Gasteiger partial charge in [-0.15, -0.1) is 0 Å². The van der Waals surface area contributed by atoms with Crippen LogP contribution in [0.3, 0.4) is 0 Å². The lowest BCUT2D eigenvalue weighted by molar-refractivity contribution is -0.144. The van der Waals surface area contributed by atoms with Crippen LogP contribution in [0.15, 0.2) is 42.5 Å². The van der Waals surface area contributed by atoms with E-state index in [4.69, 9.17) is 0 Å². The van der Waals surface area contributed by atoms with Crippen molar-refractivity contribution in [2.24, 2.45) is 5.92 Å². The van der Waals surface area contributed by atoms with Crippen molar-refractivity contribution in [2.75, 3.05) is 18.4 Å². The highest BCUT2D eigenvalue weighted by Gasteiger charge is 2.35. The standard InChI is InChI=1S/C23H22F3N3O3/c24-23(25,26)19-4-2-1-3-16(19)13-29(12-14-5-6-14)22(32)21(31)28-17-8-7-15-9-10-27-20(30)18(15)11-17/h1-4,7-8,11,14H,5-6,9-10,12-13H2,(H,27,30)(H,28,31). The average molecular weight is 445 g/mol. The summed E-state index contributed by atoms with van der Waals surface area (Å²) in [7, 11) is 0. The summed E-state index contributed by atoms with van der Waals surface area (Å²) in [6.45, 7) is 0.432. The fourth-order valence-corrected chi connectivity index (χ4v) is 3.79. The van der Waals surface area contributed by atoms with Crippen LogP contribution in [-0.4, -0.2) is 35.7 Å². The first-order valence-electron chi connectivity index (χ1n) is 10.4. The van der Waals surface area contributed by atoms with E-state index in [1.165, 1.54) is 29.2 Å². The molecule has 1 aliphatic carbocycles. The average Bonchev–Trinajstić information content (AvgIpc) is 3.57. The predicted octanol–water partition coefficient (Wildman–Crippen LogP) is 3.37. The first-order chi connectivity index (χ1) is 15.2. The second kappa shape index (κ2) is 8.64. The summed E-state index contributed by atoms with van der Waals surface area (Å²) in [6, 6.07) is 9.87. The number of nitrogens with zero attached hydrogens (tertiary/aromatic N) is 1. The van der Waals surface area contributed by atoms with Crippen LogP contribution in [0.25, 0.3) is 0 Å². The van der Waals surface area contributed by atoms with Crippen LogP contribution >= 0.6 is 0 Å². The molecule has 2 N–H and O–H groups in total. The maximum atomic E-state index is 13.4. The van der Waals surface area contributed by atoms with Gasteiger partial charge in [0.2, 0.25) is 0 Å². The molecular formula is C23H22F3N3O3. The van der Waals surface area contributed by atoms with Crippen molar-refractivity contribution < 1.29 is 27.6 Å². The van der Waals surface area contributed by atoms with Crippen molar-refractivity contribution in [2.45, 2.75) is 32.0 Å². The molecule has 6 nitrogen and oxygen atoms in total. The van der Waals surface area contributed by atoms with Gasteiger partial charge in [-0.05, 0) is 54.5 Å². The molecule has 1 saturated carbocycles. The first-order valence-corrected chi connectivity index (χ1v) is 10.4. The second-order valence-corrected chi connectivity index (χ2v) is 8.12. The molecule has 9 heteroatoms. The molecule has 4 rings (SSSR count). The number of benzene rings is 2. The Balaban J connectivity index is 1.52. The first kappa shape index (κ1) is 21.9. The molecule has 0 aromatic heterocycles. The molecule has 2 aliphatic rings. The number of rotatable bonds is 5. The van der Waals surface area contributed by atoms with Gasteiger partial charge < -0.3 is 15.5 Å². The summed E-state index contributed by atoms with van der Waals surface area (Å²) >= 11 is 0. The molecular weight excluding hydrogens is 423 g/mol. The number of fused-ring (bicyclic) bond motifs is 1. The Kier molecular flexibility index (Phi) is 5.90. The fourth-order valence-electron chi connectivity index (χ4n) is 3.79. The van der Waals surface area contributed by atoms with Crippen molar-refractivity contribution in [3.63, 3.8) is 0 Å². The van der Waals surface area contributed by atoms with Crippen molar-refractivity contribution in [1.82, 2.24) is 10.2 Å². The van der Waals surface area contributed by atoms with Gasteiger partial charge in [0.1, 0.15) is 0 Å². The van der Waals surface area contributed by atoms with Crippen LogP contribution < -0.4 is 10.6 Å². The SMILES string of the molecule is O=C(Nc1ccc2c(c1)C(=O)NCC2)C(=O)N(Cc1ccccc1C(F)(F)F)CC1CC1. The molecule has 0 radical (unpaired) electrons. The summed E-state index contributed by atoms with van der Waals surface area (Å²) in [6.07, 6.45) is -2.16. The molecule has 1 heterocycles. The van der Waals surface area contributed by atoms with Crippen LogP contribution in [0, 0.1) is 5.92 Å². The molecule has 2 aromatic carbocycles. The van der Waals surface area contributed by atoms with Crippen LogP contribution in [0.5, 0.6) is 0 Å². The maximum absolute atomic E-state index is 13.4. The monoisotopic (exact) mass is 445 g/mol. The molecule has 0 spiro atoms. The summed E-state index contributed by atoms with van der Waals surface area (Å²) in [4.78, 5) is 38.7. The van der Waals surface area contributed by atoms with Crippen molar-refractivity contribution in [1.29, 1.82) is 0 Å². The normalized spacial score (nSPS) is 15.5. The zero-order chi connectivity index (χ0) is 22.9. The number of hydrogen-bond donors (Lipinski definition) is 2. The van der Waals surface area contributed by atoms with E-state index in [1.807, 2.05) is 0 Å². The van der Waals surface area contributed by atoms with Crippen molar-refractivity contribution in [3.8, 4) is 0 Å². The quantitative estimate of drug-likeness (QED) is 0.693. The molecule has 0 bridgehead atoms. The zero-order valence-electron chi connectivity index (χ0n) is 17.2. The number of hydrogen-bond acceptors (Lipinski definition) is 3.